The van der Waals surface area contributed by atoms with Gasteiger partial charge in [-0.25, -0.2) is 4.98 Å². The zero-order valence-electron chi connectivity index (χ0n) is 20.5. The molecule has 9 heteroatoms. The molecule has 1 aromatic heterocycles. The molecule has 0 aliphatic carbocycles. The maximum Gasteiger partial charge on any atom is 0.181 e. The van der Waals surface area contributed by atoms with Crippen molar-refractivity contribution in [1.29, 1.82) is 0 Å². The third kappa shape index (κ3) is 6.50. The number of carbonyl (C=O) groups excluding carboxylic acids is 2. The second-order valence-corrected chi connectivity index (χ2v) is 10.5. The lowest BCUT2D eigenvalue weighted by Gasteiger charge is -2.12. The molecule has 0 saturated carbocycles. The monoisotopic (exact) mass is 511 g/mol. The van der Waals surface area contributed by atoms with Gasteiger partial charge in [-0.15, -0.1) is 0 Å². The van der Waals surface area contributed by atoms with Crippen LogP contribution >= 0.6 is 0 Å². The summed E-state index contributed by atoms with van der Waals surface area (Å²) < 4.78 is 28.2. The van der Waals surface area contributed by atoms with Gasteiger partial charge in [0.05, 0.1) is 20.8 Å². The summed E-state index contributed by atoms with van der Waals surface area (Å²) in [7, 11) is 0.618. The minimum Gasteiger partial charge on any atom is -0.494 e. The van der Waals surface area contributed by atoms with Crippen LogP contribution in [0.2, 0.25) is 0 Å². The number of hydrogen-bond acceptors (Lipinski definition) is 8. The van der Waals surface area contributed by atoms with Gasteiger partial charge < -0.3 is 19.3 Å². The summed E-state index contributed by atoms with van der Waals surface area (Å²) in [6.07, 6.45) is 1.53. The van der Waals surface area contributed by atoms with Crippen LogP contribution in [0.1, 0.15) is 33.7 Å². The van der Waals surface area contributed by atoms with Crippen LogP contribution in [0.3, 0.4) is 0 Å². The normalized spacial score (nSPS) is 12.4. The first-order chi connectivity index (χ1) is 17.2. The summed E-state index contributed by atoms with van der Waals surface area (Å²) in [5.74, 6) is 4.45. The van der Waals surface area contributed by atoms with Crippen LogP contribution in [0.15, 0.2) is 59.5 Å². The van der Waals surface area contributed by atoms with E-state index in [1.54, 1.807) is 60.9 Å². The number of Topliss-reactive ketones (excluding diaryl/α,β-unsaturated/α-hetero) is 2. The highest BCUT2D eigenvalue weighted by Gasteiger charge is 2.17. The minimum absolute atomic E-state index is 0.00900. The Morgan fingerprint density at radius 3 is 2.17 bits per heavy atom. The molecule has 0 spiro atoms. The molecule has 0 amide bonds. The molecule has 0 bridgehead atoms. The van der Waals surface area contributed by atoms with Crippen molar-refractivity contribution in [3.63, 3.8) is 0 Å². The van der Waals surface area contributed by atoms with Gasteiger partial charge in [0.15, 0.2) is 23.1 Å². The van der Waals surface area contributed by atoms with E-state index in [1.807, 2.05) is 0 Å². The Balaban J connectivity index is 1.75. The Morgan fingerprint density at radius 1 is 0.917 bits per heavy atom. The van der Waals surface area contributed by atoms with Gasteiger partial charge >= 0.3 is 0 Å². The number of nitrogens with zero attached hydrogens (tertiary/aromatic N) is 1. The van der Waals surface area contributed by atoms with Gasteiger partial charge in [0, 0.05) is 35.1 Å². The van der Waals surface area contributed by atoms with Gasteiger partial charge in [0.25, 0.3) is 0 Å². The highest BCUT2D eigenvalue weighted by Crippen LogP contribution is 2.30. The van der Waals surface area contributed by atoms with E-state index < -0.39 is 9.52 Å². The summed E-state index contributed by atoms with van der Waals surface area (Å²) >= 11 is 0. The van der Waals surface area contributed by atoms with Crippen LogP contribution in [0.25, 0.3) is 11.3 Å². The molecule has 3 aromatic rings. The number of pyridine rings is 1. The average Bonchev–Trinajstić information content (AvgIpc) is 2.89. The van der Waals surface area contributed by atoms with Crippen molar-refractivity contribution in [3.8, 4) is 28.5 Å². The Kier molecular flexibility index (Phi) is 8.84. The number of benzene rings is 2. The predicted octanol–water partition coefficient (Wildman–Crippen LogP) is 3.69. The zero-order valence-corrected chi connectivity index (χ0v) is 21.3. The number of methoxy groups -OCH3 is 2. The third-order valence-electron chi connectivity index (χ3n) is 5.40. The summed E-state index contributed by atoms with van der Waals surface area (Å²) in [5.41, 5.74) is 1.76. The van der Waals surface area contributed by atoms with E-state index in [4.69, 9.17) is 19.3 Å². The fourth-order valence-corrected chi connectivity index (χ4v) is 4.20. The Hall–Kier alpha value is -3.69. The van der Waals surface area contributed by atoms with E-state index in [0.717, 1.165) is 0 Å². The van der Waals surface area contributed by atoms with E-state index in [0.29, 0.717) is 39.0 Å². The Labute approximate surface area is 210 Å². The molecule has 0 saturated heterocycles. The van der Waals surface area contributed by atoms with Gasteiger partial charge in [-0.05, 0) is 57.9 Å². The van der Waals surface area contributed by atoms with Crippen molar-refractivity contribution in [2.24, 2.45) is 0 Å². The molecule has 0 aliphatic rings. The first-order valence-electron chi connectivity index (χ1n) is 11.1. The van der Waals surface area contributed by atoms with E-state index >= 15 is 0 Å². The fourth-order valence-electron chi connectivity index (χ4n) is 3.49. The van der Waals surface area contributed by atoms with Gasteiger partial charge in [0.1, 0.15) is 23.7 Å². The standard InChI is InChI=1S/C27H29NO7S/c1-33-25-14-10-21(28-27(25)18-5-8-20(9-6-18)36(3,4)32)23(31)12-11-22(30)19-7-13-24(35-16-15-29)26(17-19)34-2/h5-10,13-14,17,29H,3,11-12,15-16H2,1-2,4H3. The van der Waals surface area contributed by atoms with Crippen LogP contribution < -0.4 is 14.2 Å². The molecule has 1 N–H and O–H groups in total. The van der Waals surface area contributed by atoms with E-state index in [2.05, 4.69) is 10.9 Å². The molecule has 0 fully saturated rings. The summed E-state index contributed by atoms with van der Waals surface area (Å²) in [6, 6.07) is 14.9. The van der Waals surface area contributed by atoms with Crippen molar-refractivity contribution in [2.45, 2.75) is 17.7 Å². The van der Waals surface area contributed by atoms with Crippen LogP contribution in [0, 0.1) is 0 Å². The first kappa shape index (κ1) is 26.9. The molecule has 1 heterocycles. The van der Waals surface area contributed by atoms with Crippen molar-refractivity contribution in [2.75, 3.05) is 33.7 Å². The third-order valence-corrected chi connectivity index (χ3v) is 6.67. The second-order valence-electron chi connectivity index (χ2n) is 8.06. The number of hydrogen-bond donors (Lipinski definition) is 1. The molecule has 0 radical (unpaired) electrons. The molecule has 36 heavy (non-hydrogen) atoms. The van der Waals surface area contributed by atoms with E-state index in [-0.39, 0.29) is 43.3 Å². The second kappa shape index (κ2) is 11.8. The number of aliphatic hydroxyl groups is 1. The van der Waals surface area contributed by atoms with Gasteiger partial charge in [0.2, 0.25) is 0 Å². The SMILES string of the molecule is C=S(C)(=O)c1ccc(-c2nc(C(=O)CCC(=O)c3ccc(OCCO)c(OC)c3)ccc2OC)cc1. The van der Waals surface area contributed by atoms with Gasteiger partial charge in [-0.2, -0.15) is 0 Å². The fraction of sp³-hybridized carbons (Fsp3) is 0.259. The van der Waals surface area contributed by atoms with Gasteiger partial charge in [-0.3, -0.25) is 13.8 Å². The molecular formula is C27H29NO7S. The maximum atomic E-state index is 12.9. The van der Waals surface area contributed by atoms with Crippen molar-refractivity contribution in [1.82, 2.24) is 4.98 Å². The molecule has 0 aliphatic heterocycles. The predicted molar refractivity (Wildman–Crippen MR) is 139 cm³/mol. The highest BCUT2D eigenvalue weighted by atomic mass is 32.2. The number of ether oxygens (including phenoxy) is 3. The summed E-state index contributed by atoms with van der Waals surface area (Å²) in [4.78, 5) is 30.7. The van der Waals surface area contributed by atoms with Crippen molar-refractivity contribution >= 4 is 27.0 Å². The highest BCUT2D eigenvalue weighted by molar-refractivity contribution is 7.99. The summed E-state index contributed by atoms with van der Waals surface area (Å²) in [6.45, 7) is -0.0386. The number of rotatable bonds is 12. The van der Waals surface area contributed by atoms with Crippen molar-refractivity contribution < 1.29 is 33.1 Å². The topological polar surface area (TPSA) is 112 Å². The van der Waals surface area contributed by atoms with E-state index in [9.17, 15) is 13.8 Å². The molecule has 3 rings (SSSR count). The Morgan fingerprint density at radius 2 is 1.56 bits per heavy atom. The number of aliphatic hydroxyl groups excluding tert-OH is 1. The number of aromatic nitrogens is 1. The quantitative estimate of drug-likeness (QED) is 0.289. The largest absolute Gasteiger partial charge is 0.494 e. The van der Waals surface area contributed by atoms with Crippen LogP contribution in [0.4, 0.5) is 0 Å². The number of ketones is 2. The van der Waals surface area contributed by atoms with Crippen LogP contribution in [-0.4, -0.2) is 65.4 Å². The molecular weight excluding hydrogens is 482 g/mol. The number of carbonyl (C=O) groups is 2. The lowest BCUT2D eigenvalue weighted by molar-refractivity contribution is 0.0914. The average molecular weight is 512 g/mol. The zero-order chi connectivity index (χ0) is 26.3. The Bertz CT molecular complexity index is 1350. The summed E-state index contributed by atoms with van der Waals surface area (Å²) in [5, 5.41) is 8.92. The van der Waals surface area contributed by atoms with Crippen molar-refractivity contribution in [3.05, 3.63) is 65.9 Å². The lowest BCUT2D eigenvalue weighted by atomic mass is 10.0. The van der Waals surface area contributed by atoms with E-state index in [1.165, 1.54) is 14.2 Å². The maximum absolute atomic E-state index is 12.9. The molecule has 190 valence electrons. The minimum atomic E-state index is -2.35. The molecule has 2 aromatic carbocycles. The first-order valence-corrected chi connectivity index (χ1v) is 13.3. The smallest absolute Gasteiger partial charge is 0.181 e. The molecule has 8 nitrogen and oxygen atoms in total. The molecule has 1 unspecified atom stereocenters. The van der Waals surface area contributed by atoms with Crippen LogP contribution in [-0.2, 0) is 9.52 Å². The van der Waals surface area contributed by atoms with Crippen LogP contribution in [0.5, 0.6) is 17.2 Å². The molecule has 1 atom stereocenters. The van der Waals surface area contributed by atoms with Gasteiger partial charge in [-0.1, -0.05) is 12.1 Å². The lowest BCUT2D eigenvalue weighted by Crippen LogP contribution is -2.08.